The summed E-state index contributed by atoms with van der Waals surface area (Å²) in [6.07, 6.45) is 3.16. The van der Waals surface area contributed by atoms with Crippen LogP contribution < -0.4 is 14.2 Å². The third kappa shape index (κ3) is 3.43. The quantitative estimate of drug-likeness (QED) is 0.799. The fourth-order valence-electron chi connectivity index (χ4n) is 3.43. The molecule has 7 nitrogen and oxygen atoms in total. The number of benzene rings is 1. The molecule has 1 aliphatic heterocycles. The molecule has 1 saturated heterocycles. The fraction of sp³-hybridized carbons (Fsp3) is 0.579. The first-order valence-corrected chi connectivity index (χ1v) is 8.97. The minimum Gasteiger partial charge on any atom is -0.493 e. The van der Waals surface area contributed by atoms with E-state index in [9.17, 15) is 9.59 Å². The zero-order chi connectivity index (χ0) is 18.7. The van der Waals surface area contributed by atoms with Crippen molar-refractivity contribution < 1.29 is 23.8 Å². The first-order valence-electron chi connectivity index (χ1n) is 8.97. The van der Waals surface area contributed by atoms with Crippen LogP contribution in [-0.2, 0) is 4.79 Å². The second kappa shape index (κ2) is 7.85. The highest BCUT2D eigenvalue weighted by molar-refractivity contribution is 5.96. The maximum absolute atomic E-state index is 12.9. The highest BCUT2D eigenvalue weighted by Crippen LogP contribution is 2.38. The Labute approximate surface area is 153 Å². The van der Waals surface area contributed by atoms with E-state index in [-0.39, 0.29) is 17.7 Å². The SMILES string of the molecule is COc1cc(C(=O)N2CCN(C(=O)C3CCC3)CC2)cc(OC)c1OC. The Hall–Kier alpha value is -2.44. The third-order valence-electron chi connectivity index (χ3n) is 5.24. The van der Waals surface area contributed by atoms with Crippen LogP contribution in [0.15, 0.2) is 12.1 Å². The lowest BCUT2D eigenvalue weighted by Gasteiger charge is -2.38. The molecule has 0 radical (unpaired) electrons. The van der Waals surface area contributed by atoms with Gasteiger partial charge in [-0.25, -0.2) is 0 Å². The number of rotatable bonds is 5. The second-order valence-corrected chi connectivity index (χ2v) is 6.66. The highest BCUT2D eigenvalue weighted by Gasteiger charge is 2.32. The Balaban J connectivity index is 1.69. The Morgan fingerprint density at radius 2 is 1.42 bits per heavy atom. The summed E-state index contributed by atoms with van der Waals surface area (Å²) < 4.78 is 15.9. The molecule has 0 N–H and O–H groups in total. The molecule has 2 amide bonds. The zero-order valence-electron chi connectivity index (χ0n) is 15.6. The van der Waals surface area contributed by atoms with Crippen molar-refractivity contribution in [1.29, 1.82) is 0 Å². The van der Waals surface area contributed by atoms with E-state index in [1.165, 1.54) is 21.3 Å². The molecule has 0 spiro atoms. The van der Waals surface area contributed by atoms with Crippen molar-refractivity contribution in [3.8, 4) is 17.2 Å². The summed E-state index contributed by atoms with van der Waals surface area (Å²) in [6.45, 7) is 2.25. The van der Waals surface area contributed by atoms with E-state index >= 15 is 0 Å². The zero-order valence-corrected chi connectivity index (χ0v) is 15.6. The molecule has 1 saturated carbocycles. The summed E-state index contributed by atoms with van der Waals surface area (Å²) in [6, 6.07) is 3.32. The van der Waals surface area contributed by atoms with Crippen LogP contribution >= 0.6 is 0 Å². The predicted molar refractivity (Wildman–Crippen MR) is 95.9 cm³/mol. The van der Waals surface area contributed by atoms with Gasteiger partial charge in [-0.1, -0.05) is 6.42 Å². The van der Waals surface area contributed by atoms with Crippen molar-refractivity contribution >= 4 is 11.8 Å². The van der Waals surface area contributed by atoms with Gasteiger partial charge in [0.2, 0.25) is 11.7 Å². The van der Waals surface area contributed by atoms with E-state index in [1.807, 2.05) is 4.90 Å². The smallest absolute Gasteiger partial charge is 0.254 e. The van der Waals surface area contributed by atoms with E-state index in [0.717, 1.165) is 19.3 Å². The Morgan fingerprint density at radius 3 is 1.85 bits per heavy atom. The molecule has 26 heavy (non-hydrogen) atoms. The lowest BCUT2D eigenvalue weighted by molar-refractivity contribution is -0.139. The number of hydrogen-bond donors (Lipinski definition) is 0. The van der Waals surface area contributed by atoms with E-state index in [0.29, 0.717) is 49.0 Å². The number of amides is 2. The van der Waals surface area contributed by atoms with Gasteiger partial charge in [-0.05, 0) is 25.0 Å². The van der Waals surface area contributed by atoms with E-state index in [1.54, 1.807) is 17.0 Å². The maximum Gasteiger partial charge on any atom is 0.254 e. The molecule has 1 aliphatic carbocycles. The van der Waals surface area contributed by atoms with Gasteiger partial charge in [-0.15, -0.1) is 0 Å². The first kappa shape index (κ1) is 18.4. The van der Waals surface area contributed by atoms with Crippen molar-refractivity contribution in [1.82, 2.24) is 9.80 Å². The van der Waals surface area contributed by atoms with Crippen LogP contribution in [0.3, 0.4) is 0 Å². The monoisotopic (exact) mass is 362 g/mol. The number of carbonyl (C=O) groups is 2. The first-order chi connectivity index (χ1) is 12.6. The van der Waals surface area contributed by atoms with Crippen LogP contribution in [0.1, 0.15) is 29.6 Å². The maximum atomic E-state index is 12.9. The normalized spacial score (nSPS) is 17.5. The molecular formula is C19H26N2O5. The van der Waals surface area contributed by atoms with Gasteiger partial charge < -0.3 is 24.0 Å². The molecule has 1 heterocycles. The molecule has 0 bridgehead atoms. The molecule has 0 aromatic heterocycles. The van der Waals surface area contributed by atoms with Gasteiger partial charge in [0.15, 0.2) is 11.5 Å². The van der Waals surface area contributed by atoms with Crippen LogP contribution in [-0.4, -0.2) is 69.1 Å². The number of carbonyl (C=O) groups excluding carboxylic acids is 2. The Morgan fingerprint density at radius 1 is 0.885 bits per heavy atom. The van der Waals surface area contributed by atoms with E-state index in [4.69, 9.17) is 14.2 Å². The average Bonchev–Trinajstić information content (AvgIpc) is 2.64. The van der Waals surface area contributed by atoms with Crippen LogP contribution in [0, 0.1) is 5.92 Å². The van der Waals surface area contributed by atoms with Crippen LogP contribution in [0.2, 0.25) is 0 Å². The van der Waals surface area contributed by atoms with Gasteiger partial charge in [0.25, 0.3) is 5.91 Å². The summed E-state index contributed by atoms with van der Waals surface area (Å²) in [5.74, 6) is 1.72. The summed E-state index contributed by atoms with van der Waals surface area (Å²) >= 11 is 0. The van der Waals surface area contributed by atoms with Crippen molar-refractivity contribution in [2.75, 3.05) is 47.5 Å². The van der Waals surface area contributed by atoms with Gasteiger partial charge in [0, 0.05) is 37.7 Å². The molecule has 7 heteroatoms. The van der Waals surface area contributed by atoms with Crippen molar-refractivity contribution in [3.05, 3.63) is 17.7 Å². The molecule has 3 rings (SSSR count). The summed E-state index contributed by atoms with van der Waals surface area (Å²) in [5, 5.41) is 0. The lowest BCUT2D eigenvalue weighted by Crippen LogP contribution is -2.52. The summed E-state index contributed by atoms with van der Waals surface area (Å²) in [4.78, 5) is 28.9. The molecule has 1 aromatic carbocycles. The van der Waals surface area contributed by atoms with Crippen LogP contribution in [0.5, 0.6) is 17.2 Å². The molecule has 0 atom stereocenters. The molecular weight excluding hydrogens is 336 g/mol. The number of nitrogens with zero attached hydrogens (tertiary/aromatic N) is 2. The Bertz CT molecular complexity index is 654. The third-order valence-corrected chi connectivity index (χ3v) is 5.24. The molecule has 2 aliphatic rings. The highest BCUT2D eigenvalue weighted by atomic mass is 16.5. The largest absolute Gasteiger partial charge is 0.493 e. The summed E-state index contributed by atoms with van der Waals surface area (Å²) in [7, 11) is 4.58. The number of hydrogen-bond acceptors (Lipinski definition) is 5. The van der Waals surface area contributed by atoms with Crippen molar-refractivity contribution in [2.45, 2.75) is 19.3 Å². The van der Waals surface area contributed by atoms with E-state index < -0.39 is 0 Å². The van der Waals surface area contributed by atoms with Gasteiger partial charge in [0.1, 0.15) is 0 Å². The lowest BCUT2D eigenvalue weighted by atomic mass is 9.84. The van der Waals surface area contributed by atoms with Crippen LogP contribution in [0.4, 0.5) is 0 Å². The van der Waals surface area contributed by atoms with Crippen molar-refractivity contribution in [3.63, 3.8) is 0 Å². The van der Waals surface area contributed by atoms with E-state index in [2.05, 4.69) is 0 Å². The Kier molecular flexibility index (Phi) is 5.54. The fourth-order valence-corrected chi connectivity index (χ4v) is 3.43. The topological polar surface area (TPSA) is 68.3 Å². The molecule has 0 unspecified atom stereocenters. The summed E-state index contributed by atoms with van der Waals surface area (Å²) in [5.41, 5.74) is 0.485. The van der Waals surface area contributed by atoms with Crippen molar-refractivity contribution in [2.24, 2.45) is 5.92 Å². The van der Waals surface area contributed by atoms with Crippen LogP contribution in [0.25, 0.3) is 0 Å². The predicted octanol–water partition coefficient (Wildman–Crippen LogP) is 1.80. The number of ether oxygens (including phenoxy) is 3. The average molecular weight is 362 g/mol. The minimum absolute atomic E-state index is 0.0972. The standard InChI is InChI=1S/C19H26N2O5/c1-24-15-11-14(12-16(25-2)17(15)26-3)19(23)21-9-7-20(8-10-21)18(22)13-5-4-6-13/h11-13H,4-10H2,1-3H3. The molecule has 142 valence electrons. The van der Waals surface area contributed by atoms with Gasteiger partial charge in [0.05, 0.1) is 21.3 Å². The molecule has 2 fully saturated rings. The van der Waals surface area contributed by atoms with Gasteiger partial charge in [-0.3, -0.25) is 9.59 Å². The molecule has 1 aromatic rings. The van der Waals surface area contributed by atoms with Gasteiger partial charge in [-0.2, -0.15) is 0 Å². The number of piperazine rings is 1. The second-order valence-electron chi connectivity index (χ2n) is 6.66. The minimum atomic E-state index is -0.0972. The van der Waals surface area contributed by atoms with Gasteiger partial charge >= 0.3 is 0 Å². The number of methoxy groups -OCH3 is 3.